The molecule has 0 saturated carbocycles. The Morgan fingerprint density at radius 1 is 1.39 bits per heavy atom. The van der Waals surface area contributed by atoms with Crippen LogP contribution in [-0.2, 0) is 0 Å². The highest BCUT2D eigenvalue weighted by Gasteiger charge is 2.22. The number of nitriles is 1. The summed E-state index contributed by atoms with van der Waals surface area (Å²) in [6.45, 7) is 8.09. The van der Waals surface area contributed by atoms with Gasteiger partial charge < -0.3 is 20.7 Å². The first-order chi connectivity index (χ1) is 13.3. The standard InChI is InChI=1S/C21H25N5O2/c1-12(2)25-18-15(20(28)24-10-21(3,4)11-27)9-23-17-14-6-5-13(8-22)7-16(14)26-19(17)18/h5-7,9,12,26-27H,10-11H2,1-4H3,(H,23,25)(H,24,28). The molecule has 28 heavy (non-hydrogen) atoms. The SMILES string of the molecule is CC(C)Nc1c(C(=O)NCC(C)(C)CO)cnc2c1[nH]c1cc(C#N)ccc12. The summed E-state index contributed by atoms with van der Waals surface area (Å²) in [7, 11) is 0. The lowest BCUT2D eigenvalue weighted by atomic mass is 9.95. The van der Waals surface area contributed by atoms with E-state index < -0.39 is 5.41 Å². The van der Waals surface area contributed by atoms with E-state index in [0.717, 1.165) is 21.9 Å². The number of aliphatic hydroxyl groups is 1. The van der Waals surface area contributed by atoms with E-state index in [0.29, 0.717) is 23.4 Å². The number of aromatic amines is 1. The molecule has 3 aromatic rings. The molecule has 1 aromatic carbocycles. The van der Waals surface area contributed by atoms with Gasteiger partial charge in [-0.2, -0.15) is 5.26 Å². The molecule has 4 N–H and O–H groups in total. The van der Waals surface area contributed by atoms with Crippen LogP contribution in [0.4, 0.5) is 5.69 Å². The number of aromatic nitrogens is 2. The topological polar surface area (TPSA) is 114 Å². The molecule has 0 radical (unpaired) electrons. The fraction of sp³-hybridized carbons (Fsp3) is 0.381. The van der Waals surface area contributed by atoms with Gasteiger partial charge >= 0.3 is 0 Å². The highest BCUT2D eigenvalue weighted by atomic mass is 16.3. The van der Waals surface area contributed by atoms with Gasteiger partial charge in [0, 0.05) is 41.7 Å². The van der Waals surface area contributed by atoms with E-state index in [2.05, 4.69) is 26.7 Å². The number of nitrogens with zero attached hydrogens (tertiary/aromatic N) is 2. The molecule has 146 valence electrons. The normalized spacial score (nSPS) is 11.8. The molecular formula is C21H25N5O2. The molecule has 0 saturated heterocycles. The molecule has 0 aliphatic heterocycles. The third-order valence-corrected chi connectivity index (χ3v) is 4.58. The highest BCUT2D eigenvalue weighted by molar-refractivity contribution is 6.13. The lowest BCUT2D eigenvalue weighted by Crippen LogP contribution is -2.36. The van der Waals surface area contributed by atoms with Gasteiger partial charge in [0.25, 0.3) is 5.91 Å². The average Bonchev–Trinajstić information content (AvgIpc) is 3.04. The molecule has 0 unspecified atom stereocenters. The van der Waals surface area contributed by atoms with Crippen molar-refractivity contribution < 1.29 is 9.90 Å². The Bertz CT molecular complexity index is 1080. The molecule has 0 aliphatic carbocycles. The maximum atomic E-state index is 12.8. The van der Waals surface area contributed by atoms with Crippen molar-refractivity contribution in [3.8, 4) is 6.07 Å². The molecule has 1 amide bonds. The molecule has 0 bridgehead atoms. The summed E-state index contributed by atoms with van der Waals surface area (Å²) in [5.41, 5.74) is 3.53. The second kappa shape index (κ2) is 7.49. The van der Waals surface area contributed by atoms with Gasteiger partial charge in [-0.1, -0.05) is 13.8 Å². The van der Waals surface area contributed by atoms with E-state index in [9.17, 15) is 9.90 Å². The zero-order valence-electron chi connectivity index (χ0n) is 16.6. The number of benzene rings is 1. The van der Waals surface area contributed by atoms with Gasteiger partial charge in [-0.25, -0.2) is 0 Å². The Balaban J connectivity index is 2.11. The van der Waals surface area contributed by atoms with Crippen LogP contribution in [0.1, 0.15) is 43.6 Å². The Labute approximate surface area is 163 Å². The predicted octanol–water partition coefficient (Wildman–Crippen LogP) is 3.16. The number of aliphatic hydroxyl groups excluding tert-OH is 1. The Morgan fingerprint density at radius 3 is 2.79 bits per heavy atom. The smallest absolute Gasteiger partial charge is 0.255 e. The number of carbonyl (C=O) groups is 1. The van der Waals surface area contributed by atoms with Crippen molar-refractivity contribution in [1.82, 2.24) is 15.3 Å². The summed E-state index contributed by atoms with van der Waals surface area (Å²) in [6.07, 6.45) is 1.57. The second-order valence-electron chi connectivity index (χ2n) is 8.07. The van der Waals surface area contributed by atoms with Crippen LogP contribution < -0.4 is 10.6 Å². The maximum absolute atomic E-state index is 12.8. The quantitative estimate of drug-likeness (QED) is 0.525. The van der Waals surface area contributed by atoms with Crippen LogP contribution in [0.3, 0.4) is 0 Å². The lowest BCUT2D eigenvalue weighted by Gasteiger charge is -2.22. The van der Waals surface area contributed by atoms with Crippen LogP contribution in [0.2, 0.25) is 0 Å². The average molecular weight is 379 g/mol. The number of anilines is 1. The number of hydrogen-bond donors (Lipinski definition) is 4. The number of fused-ring (bicyclic) bond motifs is 3. The Kier molecular flexibility index (Phi) is 5.25. The minimum Gasteiger partial charge on any atom is -0.396 e. The maximum Gasteiger partial charge on any atom is 0.255 e. The van der Waals surface area contributed by atoms with Crippen molar-refractivity contribution in [2.75, 3.05) is 18.5 Å². The molecule has 7 nitrogen and oxygen atoms in total. The predicted molar refractivity (Wildman–Crippen MR) is 110 cm³/mol. The van der Waals surface area contributed by atoms with Crippen LogP contribution >= 0.6 is 0 Å². The molecule has 2 heterocycles. The lowest BCUT2D eigenvalue weighted by molar-refractivity contribution is 0.0911. The third kappa shape index (κ3) is 3.78. The van der Waals surface area contributed by atoms with Crippen LogP contribution in [0, 0.1) is 16.7 Å². The zero-order valence-corrected chi connectivity index (χ0v) is 16.6. The zero-order chi connectivity index (χ0) is 20.5. The Morgan fingerprint density at radius 2 is 2.14 bits per heavy atom. The van der Waals surface area contributed by atoms with Crippen molar-refractivity contribution in [3.63, 3.8) is 0 Å². The van der Waals surface area contributed by atoms with Gasteiger partial charge in [0.15, 0.2) is 0 Å². The number of H-pyrrole nitrogens is 1. The van der Waals surface area contributed by atoms with Crippen LogP contribution in [0.25, 0.3) is 21.9 Å². The molecule has 0 aliphatic rings. The number of nitrogens with one attached hydrogen (secondary N) is 3. The second-order valence-corrected chi connectivity index (χ2v) is 8.07. The highest BCUT2D eigenvalue weighted by Crippen LogP contribution is 2.32. The fourth-order valence-corrected chi connectivity index (χ4v) is 2.98. The van der Waals surface area contributed by atoms with Crippen molar-refractivity contribution >= 4 is 33.5 Å². The summed E-state index contributed by atoms with van der Waals surface area (Å²) in [6, 6.07) is 7.63. The molecular weight excluding hydrogens is 354 g/mol. The van der Waals surface area contributed by atoms with E-state index in [1.165, 1.54) is 0 Å². The van der Waals surface area contributed by atoms with Gasteiger partial charge in [0.2, 0.25) is 0 Å². The first-order valence-electron chi connectivity index (χ1n) is 9.26. The van der Waals surface area contributed by atoms with Crippen LogP contribution in [0.15, 0.2) is 24.4 Å². The van der Waals surface area contributed by atoms with Crippen LogP contribution in [0.5, 0.6) is 0 Å². The largest absolute Gasteiger partial charge is 0.396 e. The molecule has 2 aromatic heterocycles. The number of carbonyl (C=O) groups excluding carboxylic acids is 1. The number of hydrogen-bond acceptors (Lipinski definition) is 5. The van der Waals surface area contributed by atoms with Gasteiger partial charge in [-0.15, -0.1) is 0 Å². The molecule has 3 rings (SSSR count). The summed E-state index contributed by atoms with van der Waals surface area (Å²) in [4.78, 5) is 20.7. The van der Waals surface area contributed by atoms with Crippen molar-refractivity contribution in [1.29, 1.82) is 5.26 Å². The van der Waals surface area contributed by atoms with Gasteiger partial charge in [0.05, 0.1) is 33.9 Å². The molecule has 7 heteroatoms. The fourth-order valence-electron chi connectivity index (χ4n) is 2.98. The summed E-state index contributed by atoms with van der Waals surface area (Å²) in [5.74, 6) is -0.254. The van der Waals surface area contributed by atoms with Gasteiger partial charge in [-0.05, 0) is 32.0 Å². The minimum absolute atomic E-state index is 0.0229. The van der Waals surface area contributed by atoms with E-state index in [1.54, 1.807) is 18.3 Å². The number of amides is 1. The van der Waals surface area contributed by atoms with Gasteiger partial charge in [0.1, 0.15) is 0 Å². The third-order valence-electron chi connectivity index (χ3n) is 4.58. The number of pyridine rings is 1. The molecule has 0 spiro atoms. The minimum atomic E-state index is -0.409. The summed E-state index contributed by atoms with van der Waals surface area (Å²) in [5, 5.41) is 25.7. The van der Waals surface area contributed by atoms with E-state index in [-0.39, 0.29) is 18.6 Å². The van der Waals surface area contributed by atoms with E-state index in [1.807, 2.05) is 33.8 Å². The first kappa shape index (κ1) is 19.6. The summed E-state index contributed by atoms with van der Waals surface area (Å²) < 4.78 is 0. The Hall–Kier alpha value is -3.11. The first-order valence-corrected chi connectivity index (χ1v) is 9.26. The van der Waals surface area contributed by atoms with Crippen molar-refractivity contribution in [2.24, 2.45) is 5.41 Å². The van der Waals surface area contributed by atoms with E-state index >= 15 is 0 Å². The van der Waals surface area contributed by atoms with Crippen LogP contribution in [-0.4, -0.2) is 40.2 Å². The van der Waals surface area contributed by atoms with E-state index in [4.69, 9.17) is 5.26 Å². The van der Waals surface area contributed by atoms with Crippen molar-refractivity contribution in [2.45, 2.75) is 33.7 Å². The van der Waals surface area contributed by atoms with Gasteiger partial charge in [-0.3, -0.25) is 9.78 Å². The summed E-state index contributed by atoms with van der Waals surface area (Å²) >= 11 is 0. The number of rotatable bonds is 6. The molecule has 0 atom stereocenters. The molecule has 0 fully saturated rings. The van der Waals surface area contributed by atoms with Crippen molar-refractivity contribution in [3.05, 3.63) is 35.5 Å². The monoisotopic (exact) mass is 379 g/mol.